The van der Waals surface area contributed by atoms with Crippen LogP contribution in [0.1, 0.15) is 53.2 Å². The first-order chi connectivity index (χ1) is 16.6. The van der Waals surface area contributed by atoms with Crippen molar-refractivity contribution < 1.29 is 4.79 Å². The van der Waals surface area contributed by atoms with E-state index in [4.69, 9.17) is 0 Å². The maximum Gasteiger partial charge on any atom is 0.297 e. The highest BCUT2D eigenvalue weighted by atomic mass is 16.2. The monoisotopic (exact) mass is 457 g/mol. The van der Waals surface area contributed by atoms with Crippen molar-refractivity contribution in [2.24, 2.45) is 5.92 Å². The van der Waals surface area contributed by atoms with E-state index >= 15 is 0 Å². The van der Waals surface area contributed by atoms with Crippen LogP contribution in [-0.4, -0.2) is 34.6 Å². The molecule has 7 nitrogen and oxygen atoms in total. The summed E-state index contributed by atoms with van der Waals surface area (Å²) in [6.45, 7) is 3.88. The number of aryl methyl sites for hydroxylation is 1. The van der Waals surface area contributed by atoms with E-state index in [1.807, 2.05) is 37.3 Å². The number of hydrogen-bond donors (Lipinski definition) is 3. The topological polar surface area (TPSA) is 88.1 Å². The van der Waals surface area contributed by atoms with E-state index in [1.54, 1.807) is 23.0 Å². The average Bonchev–Trinajstić information content (AvgIpc) is 3.69. The third kappa shape index (κ3) is 4.89. The Morgan fingerprint density at radius 2 is 1.85 bits per heavy atom. The Kier molecular flexibility index (Phi) is 6.45. The zero-order valence-corrected chi connectivity index (χ0v) is 19.5. The fraction of sp³-hybridized carbons (Fsp3) is 0.370. The Morgan fingerprint density at radius 3 is 2.59 bits per heavy atom. The second kappa shape index (κ2) is 9.81. The molecule has 0 unspecified atom stereocenters. The first kappa shape index (κ1) is 22.3. The second-order valence-electron chi connectivity index (χ2n) is 9.32. The Morgan fingerprint density at radius 1 is 1.09 bits per heavy atom. The molecule has 1 amide bonds. The summed E-state index contributed by atoms with van der Waals surface area (Å²) < 4.78 is 1.59. The molecule has 1 aromatic heterocycles. The third-order valence-electron chi connectivity index (χ3n) is 6.79. The summed E-state index contributed by atoms with van der Waals surface area (Å²) in [5.74, 6) is 0.621. The zero-order valence-electron chi connectivity index (χ0n) is 19.5. The molecule has 1 aliphatic carbocycles. The van der Waals surface area contributed by atoms with Crippen LogP contribution < -0.4 is 21.5 Å². The largest absolute Gasteiger partial charge is 0.358 e. The fourth-order valence-corrected chi connectivity index (χ4v) is 4.67. The normalized spacial score (nSPS) is 17.2. The molecule has 1 aliphatic heterocycles. The lowest BCUT2D eigenvalue weighted by Crippen LogP contribution is -2.35. The molecule has 3 aromatic rings. The molecule has 5 rings (SSSR count). The number of aromatic nitrogens is 2. The van der Waals surface area contributed by atoms with E-state index < -0.39 is 0 Å². The van der Waals surface area contributed by atoms with Crippen LogP contribution >= 0.6 is 0 Å². The maximum atomic E-state index is 13.6. The van der Waals surface area contributed by atoms with Crippen LogP contribution in [0.25, 0.3) is 5.69 Å². The first-order valence-electron chi connectivity index (χ1n) is 12.1. The summed E-state index contributed by atoms with van der Waals surface area (Å²) in [4.78, 5) is 30.6. The average molecular weight is 458 g/mol. The number of piperidine rings is 1. The summed E-state index contributed by atoms with van der Waals surface area (Å²) in [7, 11) is 0. The summed E-state index contributed by atoms with van der Waals surface area (Å²) >= 11 is 0. The van der Waals surface area contributed by atoms with E-state index in [2.05, 4.69) is 33.1 Å². The minimum absolute atomic E-state index is 0.00361. The van der Waals surface area contributed by atoms with Gasteiger partial charge in [0.05, 0.1) is 11.7 Å². The van der Waals surface area contributed by atoms with Crippen molar-refractivity contribution in [2.45, 2.75) is 44.7 Å². The highest BCUT2D eigenvalue weighted by Gasteiger charge is 2.27. The summed E-state index contributed by atoms with van der Waals surface area (Å²) in [5, 5.41) is 9.92. The van der Waals surface area contributed by atoms with E-state index in [-0.39, 0.29) is 23.6 Å². The Hall–Kier alpha value is -3.45. The summed E-state index contributed by atoms with van der Waals surface area (Å²) in [5.41, 5.74) is 3.10. The highest BCUT2D eigenvalue weighted by Crippen LogP contribution is 2.31. The lowest BCUT2D eigenvalue weighted by molar-refractivity contribution is 0.0951. The number of benzene rings is 2. The second-order valence-corrected chi connectivity index (χ2v) is 9.32. The zero-order chi connectivity index (χ0) is 23.5. The molecule has 176 valence electrons. The van der Waals surface area contributed by atoms with Gasteiger partial charge in [0.2, 0.25) is 0 Å². The molecule has 1 saturated heterocycles. The van der Waals surface area contributed by atoms with E-state index in [0.29, 0.717) is 23.0 Å². The third-order valence-corrected chi connectivity index (χ3v) is 6.79. The minimum atomic E-state index is -0.222. The molecule has 7 heteroatoms. The van der Waals surface area contributed by atoms with Crippen LogP contribution in [0.3, 0.4) is 0 Å². The first-order valence-corrected chi connectivity index (χ1v) is 12.1. The molecule has 1 atom stereocenters. The molecule has 0 bridgehead atoms. The van der Waals surface area contributed by atoms with Gasteiger partial charge >= 0.3 is 0 Å². The van der Waals surface area contributed by atoms with Crippen molar-refractivity contribution >= 4 is 11.7 Å². The van der Waals surface area contributed by atoms with Crippen molar-refractivity contribution in [2.75, 3.05) is 18.4 Å². The summed E-state index contributed by atoms with van der Waals surface area (Å²) in [6.07, 6.45) is 7.44. The van der Waals surface area contributed by atoms with Gasteiger partial charge in [-0.25, -0.2) is 4.98 Å². The lowest BCUT2D eigenvalue weighted by Gasteiger charge is -2.32. The van der Waals surface area contributed by atoms with Crippen molar-refractivity contribution in [1.29, 1.82) is 0 Å². The maximum absolute atomic E-state index is 13.6. The molecule has 2 aliphatic rings. The highest BCUT2D eigenvalue weighted by molar-refractivity contribution is 5.95. The van der Waals surface area contributed by atoms with Gasteiger partial charge in [0.15, 0.2) is 5.82 Å². The fourth-order valence-electron chi connectivity index (χ4n) is 4.67. The quantitative estimate of drug-likeness (QED) is 0.505. The van der Waals surface area contributed by atoms with Crippen LogP contribution in [0.4, 0.5) is 5.82 Å². The van der Waals surface area contributed by atoms with E-state index in [1.165, 1.54) is 0 Å². The van der Waals surface area contributed by atoms with Gasteiger partial charge in [-0.15, -0.1) is 0 Å². The van der Waals surface area contributed by atoms with Gasteiger partial charge in [-0.1, -0.05) is 36.4 Å². The number of amides is 1. The lowest BCUT2D eigenvalue weighted by atomic mass is 9.86. The molecule has 3 N–H and O–H groups in total. The molecule has 2 aromatic carbocycles. The van der Waals surface area contributed by atoms with Gasteiger partial charge in [0.25, 0.3) is 11.5 Å². The Bertz CT molecular complexity index is 1210. The number of anilines is 1. The van der Waals surface area contributed by atoms with Crippen LogP contribution in [0.15, 0.2) is 65.7 Å². The van der Waals surface area contributed by atoms with Gasteiger partial charge < -0.3 is 16.0 Å². The Labute approximate surface area is 199 Å². The molecule has 2 heterocycles. The molecule has 0 radical (unpaired) electrons. The molecular formula is C27H31N5O2. The number of hydrogen-bond acceptors (Lipinski definition) is 5. The summed E-state index contributed by atoms with van der Waals surface area (Å²) in [6, 6.07) is 16.0. The predicted octanol–water partition coefficient (Wildman–Crippen LogP) is 3.59. The standard InChI is InChI=1S/C27H31N5O2/c1-18-7-8-21(26(33)30-22-9-10-22)17-23(18)32-16-15-29-25(27(32)34)31-24(19-5-3-2-4-6-19)20-11-13-28-14-12-20/h2-8,15-17,20,22,24,28H,9-14H2,1H3,(H,29,31)(H,30,33)/t24-/m0/s1. The Balaban J connectivity index is 1.47. The molecule has 2 fully saturated rings. The SMILES string of the molecule is Cc1ccc(C(=O)NC2CC2)cc1-n1ccnc(N[C@@H](c2ccccc2)C2CCNCC2)c1=O. The predicted molar refractivity (Wildman–Crippen MR) is 133 cm³/mol. The number of carbonyl (C=O) groups is 1. The van der Waals surface area contributed by atoms with E-state index in [9.17, 15) is 9.59 Å². The number of nitrogens with zero attached hydrogens (tertiary/aromatic N) is 2. The molecule has 1 saturated carbocycles. The van der Waals surface area contributed by atoms with Crippen molar-refractivity contribution in [1.82, 2.24) is 20.2 Å². The number of nitrogens with one attached hydrogen (secondary N) is 3. The molecule has 0 spiro atoms. The van der Waals surface area contributed by atoms with Crippen molar-refractivity contribution in [3.05, 3.63) is 88.0 Å². The van der Waals surface area contributed by atoms with Gasteiger partial charge in [-0.3, -0.25) is 14.2 Å². The van der Waals surface area contributed by atoms with Gasteiger partial charge in [-0.2, -0.15) is 0 Å². The van der Waals surface area contributed by atoms with Gasteiger partial charge in [-0.05, 0) is 74.9 Å². The van der Waals surface area contributed by atoms with Crippen molar-refractivity contribution in [3.63, 3.8) is 0 Å². The van der Waals surface area contributed by atoms with Crippen LogP contribution in [0, 0.1) is 12.8 Å². The van der Waals surface area contributed by atoms with Crippen LogP contribution in [0.2, 0.25) is 0 Å². The smallest absolute Gasteiger partial charge is 0.297 e. The van der Waals surface area contributed by atoms with Gasteiger partial charge in [0.1, 0.15) is 0 Å². The molecular weight excluding hydrogens is 426 g/mol. The van der Waals surface area contributed by atoms with E-state index in [0.717, 1.165) is 49.9 Å². The van der Waals surface area contributed by atoms with Crippen LogP contribution in [0.5, 0.6) is 0 Å². The van der Waals surface area contributed by atoms with Crippen molar-refractivity contribution in [3.8, 4) is 5.69 Å². The number of rotatable bonds is 7. The number of carbonyl (C=O) groups excluding carboxylic acids is 1. The molecule has 34 heavy (non-hydrogen) atoms. The van der Waals surface area contributed by atoms with Gasteiger partial charge in [0, 0.05) is 24.0 Å². The minimum Gasteiger partial charge on any atom is -0.358 e. The van der Waals surface area contributed by atoms with Crippen LogP contribution in [-0.2, 0) is 0 Å².